The molecule has 0 spiro atoms. The maximum absolute atomic E-state index is 13.2. The minimum Gasteiger partial charge on any atom is -0.410 e. The van der Waals surface area contributed by atoms with Crippen LogP contribution in [0.25, 0.3) is 10.2 Å². The fourth-order valence-corrected chi connectivity index (χ4v) is 8.89. The predicted octanol–water partition coefficient (Wildman–Crippen LogP) is 8.13. The average molecular weight is 580 g/mol. The highest BCUT2D eigenvalue weighted by Gasteiger charge is 2.45. The number of thiazole rings is 1. The SMILES string of the molecule is C=C1[C@H](O[Si](C)(C)C(C)(C)C)CC(=CCS(=O)(=O)c2nc3ccccc3s2)C[C@H]1O[Si](C)(C)C(C)(C)C. The van der Waals surface area contributed by atoms with Crippen LogP contribution in [0, 0.1) is 0 Å². The lowest BCUT2D eigenvalue weighted by Crippen LogP contribution is -2.49. The summed E-state index contributed by atoms with van der Waals surface area (Å²) in [6.07, 6.45) is 2.81. The van der Waals surface area contributed by atoms with E-state index in [2.05, 4.69) is 79.3 Å². The Balaban J connectivity index is 1.91. The summed E-state index contributed by atoms with van der Waals surface area (Å²) in [6.45, 7) is 26.9. The fraction of sp³-hybridized carbons (Fsp3) is 0.607. The van der Waals surface area contributed by atoms with Crippen molar-refractivity contribution >= 4 is 48.0 Å². The van der Waals surface area contributed by atoms with Crippen molar-refractivity contribution in [3.8, 4) is 0 Å². The van der Waals surface area contributed by atoms with Gasteiger partial charge in [0.15, 0.2) is 16.6 Å². The highest BCUT2D eigenvalue weighted by atomic mass is 32.2. The summed E-state index contributed by atoms with van der Waals surface area (Å²) in [7, 11) is -7.70. The molecule has 3 rings (SSSR count). The number of para-hydroxylation sites is 1. The molecule has 37 heavy (non-hydrogen) atoms. The minimum absolute atomic E-state index is 0.0561. The molecule has 1 aliphatic carbocycles. The van der Waals surface area contributed by atoms with Crippen molar-refractivity contribution in [2.45, 2.75) is 107 Å². The molecule has 2 atom stereocenters. The molecule has 0 saturated heterocycles. The second-order valence-electron chi connectivity index (χ2n) is 13.3. The number of aromatic nitrogens is 1. The van der Waals surface area contributed by atoms with Gasteiger partial charge >= 0.3 is 0 Å². The smallest absolute Gasteiger partial charge is 0.210 e. The van der Waals surface area contributed by atoms with Gasteiger partial charge in [0.2, 0.25) is 14.2 Å². The van der Waals surface area contributed by atoms with Crippen molar-refractivity contribution in [1.29, 1.82) is 0 Å². The van der Waals surface area contributed by atoms with E-state index in [0.29, 0.717) is 12.8 Å². The first-order chi connectivity index (χ1) is 16.7. The van der Waals surface area contributed by atoms with Gasteiger partial charge in [0.25, 0.3) is 0 Å². The maximum Gasteiger partial charge on any atom is 0.210 e. The molecule has 1 aromatic carbocycles. The van der Waals surface area contributed by atoms with Crippen LogP contribution < -0.4 is 0 Å². The van der Waals surface area contributed by atoms with E-state index in [1.807, 2.05) is 30.3 Å². The lowest BCUT2D eigenvalue weighted by molar-refractivity contribution is 0.132. The molecule has 1 aliphatic rings. The number of sulfone groups is 1. The van der Waals surface area contributed by atoms with Crippen molar-refractivity contribution in [2.24, 2.45) is 0 Å². The second-order valence-corrected chi connectivity index (χ2v) is 26.1. The topological polar surface area (TPSA) is 65.5 Å². The van der Waals surface area contributed by atoms with E-state index < -0.39 is 26.5 Å². The third kappa shape index (κ3) is 6.91. The third-order valence-corrected chi connectivity index (χ3v) is 20.4. The van der Waals surface area contributed by atoms with Crippen molar-refractivity contribution in [1.82, 2.24) is 4.98 Å². The zero-order valence-electron chi connectivity index (χ0n) is 24.3. The summed E-state index contributed by atoms with van der Waals surface area (Å²) >= 11 is 1.23. The molecular formula is C28H45NO4S2Si2. The van der Waals surface area contributed by atoms with Crippen LogP contribution in [0.1, 0.15) is 54.4 Å². The Bertz CT molecular complexity index is 1210. The summed E-state index contributed by atoms with van der Waals surface area (Å²) < 4.78 is 41.2. The van der Waals surface area contributed by atoms with Gasteiger partial charge in [0.1, 0.15) is 0 Å². The van der Waals surface area contributed by atoms with E-state index in [-0.39, 0.29) is 32.4 Å². The molecule has 206 valence electrons. The van der Waals surface area contributed by atoms with Gasteiger partial charge in [-0.1, -0.05) is 71.9 Å². The first-order valence-electron chi connectivity index (χ1n) is 13.0. The van der Waals surface area contributed by atoms with Gasteiger partial charge in [-0.2, -0.15) is 0 Å². The van der Waals surface area contributed by atoms with Crippen LogP contribution in [0.5, 0.6) is 0 Å². The molecule has 0 amide bonds. The summed E-state index contributed by atoms with van der Waals surface area (Å²) in [5.41, 5.74) is 2.77. The zero-order chi connectivity index (χ0) is 28.0. The molecule has 1 saturated carbocycles. The zero-order valence-corrected chi connectivity index (χ0v) is 27.9. The van der Waals surface area contributed by atoms with Crippen LogP contribution >= 0.6 is 11.3 Å². The largest absolute Gasteiger partial charge is 0.410 e. The number of rotatable bonds is 7. The molecular weight excluding hydrogens is 535 g/mol. The van der Waals surface area contributed by atoms with E-state index in [9.17, 15) is 8.42 Å². The Kier molecular flexibility index (Phi) is 8.61. The first-order valence-corrected chi connectivity index (χ1v) is 21.3. The Morgan fingerprint density at radius 3 is 1.92 bits per heavy atom. The van der Waals surface area contributed by atoms with Gasteiger partial charge in [-0.05, 0) is 66.8 Å². The summed E-state index contributed by atoms with van der Waals surface area (Å²) in [6, 6.07) is 7.53. The van der Waals surface area contributed by atoms with Crippen molar-refractivity contribution in [2.75, 3.05) is 5.75 Å². The second kappa shape index (κ2) is 10.5. The Morgan fingerprint density at radius 2 is 1.46 bits per heavy atom. The molecule has 0 radical (unpaired) electrons. The molecule has 2 aromatic rings. The van der Waals surface area contributed by atoms with Crippen LogP contribution in [0.4, 0.5) is 0 Å². The number of fused-ring (bicyclic) bond motifs is 1. The summed E-state index contributed by atoms with van der Waals surface area (Å²) in [5, 5.41) is 0.112. The molecule has 9 heteroatoms. The molecule has 1 heterocycles. The lowest BCUT2D eigenvalue weighted by atomic mass is 9.86. The number of benzene rings is 1. The third-order valence-electron chi connectivity index (χ3n) is 8.34. The molecule has 0 aliphatic heterocycles. The van der Waals surface area contributed by atoms with Gasteiger partial charge < -0.3 is 8.85 Å². The highest BCUT2D eigenvalue weighted by molar-refractivity contribution is 7.93. The number of nitrogens with zero attached hydrogens (tertiary/aromatic N) is 1. The number of hydrogen-bond donors (Lipinski definition) is 0. The van der Waals surface area contributed by atoms with Crippen molar-refractivity contribution in [3.05, 3.63) is 48.1 Å². The van der Waals surface area contributed by atoms with Gasteiger partial charge in [0.05, 0.1) is 28.2 Å². The van der Waals surface area contributed by atoms with E-state index >= 15 is 0 Å². The quantitative estimate of drug-likeness (QED) is 0.245. The predicted molar refractivity (Wildman–Crippen MR) is 162 cm³/mol. The Hall–Kier alpha value is -1.11. The van der Waals surface area contributed by atoms with Crippen LogP contribution in [-0.4, -0.2) is 48.0 Å². The molecule has 1 fully saturated rings. The molecule has 1 aromatic heterocycles. The summed E-state index contributed by atoms with van der Waals surface area (Å²) in [4.78, 5) is 4.39. The van der Waals surface area contributed by atoms with Crippen LogP contribution in [-0.2, 0) is 18.7 Å². The molecule has 0 N–H and O–H groups in total. The fourth-order valence-electron chi connectivity index (χ4n) is 3.78. The normalized spacial score (nSPS) is 20.5. The minimum atomic E-state index is -3.54. The molecule has 0 unspecified atom stereocenters. The van der Waals surface area contributed by atoms with Gasteiger partial charge in [0, 0.05) is 0 Å². The van der Waals surface area contributed by atoms with Gasteiger partial charge in [-0.3, -0.25) is 0 Å². The van der Waals surface area contributed by atoms with E-state index in [0.717, 1.165) is 21.4 Å². The lowest BCUT2D eigenvalue weighted by Gasteiger charge is -2.46. The highest BCUT2D eigenvalue weighted by Crippen LogP contribution is 2.44. The van der Waals surface area contributed by atoms with Crippen LogP contribution in [0.15, 0.2) is 52.4 Å². The van der Waals surface area contributed by atoms with Gasteiger partial charge in [-0.15, -0.1) is 11.3 Å². The van der Waals surface area contributed by atoms with E-state index in [1.165, 1.54) is 11.3 Å². The Morgan fingerprint density at radius 1 is 0.973 bits per heavy atom. The van der Waals surface area contributed by atoms with Crippen molar-refractivity contribution < 1.29 is 17.3 Å². The van der Waals surface area contributed by atoms with E-state index in [4.69, 9.17) is 8.85 Å². The van der Waals surface area contributed by atoms with E-state index in [1.54, 1.807) is 0 Å². The van der Waals surface area contributed by atoms with Crippen LogP contribution in [0.2, 0.25) is 36.3 Å². The number of hydrogen-bond acceptors (Lipinski definition) is 6. The maximum atomic E-state index is 13.2. The first kappa shape index (κ1) is 30.4. The van der Waals surface area contributed by atoms with Crippen molar-refractivity contribution in [3.63, 3.8) is 0 Å². The molecule has 0 bridgehead atoms. The average Bonchev–Trinajstić information content (AvgIpc) is 3.19. The molecule has 5 nitrogen and oxygen atoms in total. The van der Waals surface area contributed by atoms with Gasteiger partial charge in [-0.25, -0.2) is 13.4 Å². The monoisotopic (exact) mass is 579 g/mol. The standard InChI is InChI=1S/C28H45NO4S2Si2/c1-20-23(32-36(8,9)27(2,3)4)18-21(19-24(20)33-37(10,11)28(5,6)7)16-17-35(30,31)26-29-22-14-12-13-15-25(22)34-26/h12-16,23-24H,1,17-19H2,2-11H3/t23-,24-/m1/s1. The summed E-state index contributed by atoms with van der Waals surface area (Å²) in [5.74, 6) is -0.0751. The van der Waals surface area contributed by atoms with Crippen LogP contribution in [0.3, 0.4) is 0 Å². The Labute approximate surface area is 230 Å².